The summed E-state index contributed by atoms with van der Waals surface area (Å²) < 4.78 is 26.9. The molecule has 0 spiro atoms. The van der Waals surface area contributed by atoms with Crippen molar-refractivity contribution in [1.29, 1.82) is 0 Å². The van der Waals surface area contributed by atoms with E-state index in [-0.39, 0.29) is 5.75 Å². The summed E-state index contributed by atoms with van der Waals surface area (Å²) in [6, 6.07) is 12.4. The van der Waals surface area contributed by atoms with E-state index in [1.807, 2.05) is 23.6 Å². The topological polar surface area (TPSA) is 72.0 Å². The third-order valence-electron chi connectivity index (χ3n) is 3.41. The molecule has 0 saturated heterocycles. The zero-order valence-corrected chi connectivity index (χ0v) is 15.6. The van der Waals surface area contributed by atoms with Crippen molar-refractivity contribution in [2.24, 2.45) is 0 Å². The number of pyridine rings is 1. The molecular weight excluding hydrogens is 378 g/mol. The summed E-state index contributed by atoms with van der Waals surface area (Å²) in [6.45, 7) is 0.311. The van der Waals surface area contributed by atoms with E-state index in [4.69, 9.17) is 11.6 Å². The highest BCUT2D eigenvalue weighted by molar-refractivity contribution is 7.88. The van der Waals surface area contributed by atoms with E-state index in [0.717, 1.165) is 16.4 Å². The second kappa shape index (κ2) is 8.05. The number of nitrogens with zero attached hydrogens (tertiary/aromatic N) is 2. The van der Waals surface area contributed by atoms with Gasteiger partial charge >= 0.3 is 0 Å². The summed E-state index contributed by atoms with van der Waals surface area (Å²) in [4.78, 5) is 8.76. The first-order chi connectivity index (χ1) is 12.0. The SMILES string of the molecule is O=S(=O)(Cc1ccc(Cl)cc1)NCCc1nc(-c2ccccn2)cs1. The molecule has 3 aromatic rings. The predicted octanol–water partition coefficient (Wildman–Crippen LogP) is 3.52. The quantitative estimate of drug-likeness (QED) is 0.666. The van der Waals surface area contributed by atoms with Crippen LogP contribution in [0.25, 0.3) is 11.4 Å². The van der Waals surface area contributed by atoms with Gasteiger partial charge in [0.05, 0.1) is 22.1 Å². The van der Waals surface area contributed by atoms with Gasteiger partial charge in [0.25, 0.3) is 0 Å². The van der Waals surface area contributed by atoms with Gasteiger partial charge in [-0.1, -0.05) is 29.8 Å². The molecule has 3 rings (SSSR count). The largest absolute Gasteiger partial charge is 0.255 e. The Labute approximate surface area is 155 Å². The van der Waals surface area contributed by atoms with Crippen LogP contribution in [-0.2, 0) is 22.2 Å². The Morgan fingerprint density at radius 1 is 1.08 bits per heavy atom. The molecule has 0 aliphatic carbocycles. The number of nitrogens with one attached hydrogen (secondary N) is 1. The fourth-order valence-corrected chi connectivity index (χ4v) is 4.29. The van der Waals surface area contributed by atoms with Crippen LogP contribution in [0.2, 0.25) is 5.02 Å². The van der Waals surface area contributed by atoms with E-state index in [9.17, 15) is 8.42 Å². The van der Waals surface area contributed by atoms with Crippen LogP contribution in [0.15, 0.2) is 54.0 Å². The Hall–Kier alpha value is -1.80. The number of benzene rings is 1. The molecule has 2 aromatic heterocycles. The van der Waals surface area contributed by atoms with E-state index in [1.165, 1.54) is 11.3 Å². The van der Waals surface area contributed by atoms with Gasteiger partial charge in [0.1, 0.15) is 0 Å². The standard InChI is InChI=1S/C17H16ClN3O2S2/c18-14-6-4-13(5-7-14)12-25(22,23)20-10-8-17-21-16(11-24-17)15-3-1-2-9-19-15/h1-7,9,11,20H,8,10,12H2. The maximum atomic E-state index is 12.1. The summed E-state index contributed by atoms with van der Waals surface area (Å²) in [5, 5.41) is 3.39. The van der Waals surface area contributed by atoms with Crippen molar-refractivity contribution >= 4 is 33.0 Å². The van der Waals surface area contributed by atoms with Crippen LogP contribution in [0.5, 0.6) is 0 Å². The summed E-state index contributed by atoms with van der Waals surface area (Å²) in [5.74, 6) is -0.0682. The zero-order chi connectivity index (χ0) is 17.7. The molecule has 0 atom stereocenters. The van der Waals surface area contributed by atoms with Crippen LogP contribution in [0.3, 0.4) is 0 Å². The lowest BCUT2D eigenvalue weighted by molar-refractivity contribution is 0.580. The number of thiazole rings is 1. The van der Waals surface area contributed by atoms with E-state index in [1.54, 1.807) is 30.5 Å². The van der Waals surface area contributed by atoms with Gasteiger partial charge in [0.2, 0.25) is 10.0 Å². The molecule has 1 N–H and O–H groups in total. The minimum Gasteiger partial charge on any atom is -0.255 e. The van der Waals surface area contributed by atoms with E-state index in [2.05, 4.69) is 14.7 Å². The van der Waals surface area contributed by atoms with E-state index in [0.29, 0.717) is 23.6 Å². The molecule has 8 heteroatoms. The first-order valence-corrected chi connectivity index (χ1v) is 10.5. The predicted molar refractivity (Wildman–Crippen MR) is 101 cm³/mol. The van der Waals surface area contributed by atoms with E-state index >= 15 is 0 Å². The maximum absolute atomic E-state index is 12.1. The normalized spacial score (nSPS) is 11.6. The first-order valence-electron chi connectivity index (χ1n) is 7.59. The fraction of sp³-hybridized carbons (Fsp3) is 0.176. The second-order valence-electron chi connectivity index (χ2n) is 5.37. The molecule has 0 radical (unpaired) electrons. The maximum Gasteiger partial charge on any atom is 0.215 e. The van der Waals surface area contributed by atoms with Crippen molar-refractivity contribution in [3.05, 3.63) is 69.6 Å². The Balaban J connectivity index is 1.54. The molecular formula is C17H16ClN3O2S2. The zero-order valence-electron chi connectivity index (χ0n) is 13.2. The minimum atomic E-state index is -3.39. The first kappa shape index (κ1) is 18.0. The number of sulfonamides is 1. The number of aromatic nitrogens is 2. The van der Waals surface area contributed by atoms with Crippen molar-refractivity contribution in [3.8, 4) is 11.4 Å². The highest BCUT2D eigenvalue weighted by Gasteiger charge is 2.12. The number of rotatable bonds is 7. The third kappa shape index (κ3) is 5.34. The minimum absolute atomic E-state index is 0.0682. The summed E-state index contributed by atoms with van der Waals surface area (Å²) in [7, 11) is -3.39. The second-order valence-corrected chi connectivity index (χ2v) is 8.56. The molecule has 5 nitrogen and oxygen atoms in total. The van der Waals surface area contributed by atoms with Gasteiger partial charge in [-0.15, -0.1) is 11.3 Å². The number of hydrogen-bond donors (Lipinski definition) is 1. The van der Waals surface area contributed by atoms with Crippen LogP contribution in [0.4, 0.5) is 0 Å². The monoisotopic (exact) mass is 393 g/mol. The lowest BCUT2D eigenvalue weighted by atomic mass is 10.2. The Kier molecular flexibility index (Phi) is 5.80. The van der Waals surface area contributed by atoms with Crippen LogP contribution in [0.1, 0.15) is 10.6 Å². The van der Waals surface area contributed by atoms with E-state index < -0.39 is 10.0 Å². The van der Waals surface area contributed by atoms with Crippen LogP contribution >= 0.6 is 22.9 Å². The number of hydrogen-bond acceptors (Lipinski definition) is 5. The van der Waals surface area contributed by atoms with Gasteiger partial charge in [0, 0.05) is 29.6 Å². The van der Waals surface area contributed by atoms with Crippen LogP contribution < -0.4 is 4.72 Å². The molecule has 0 unspecified atom stereocenters. The summed E-state index contributed by atoms with van der Waals surface area (Å²) in [6.07, 6.45) is 2.26. The Morgan fingerprint density at radius 2 is 1.88 bits per heavy atom. The molecule has 0 amide bonds. The van der Waals surface area contributed by atoms with Gasteiger partial charge in [-0.2, -0.15) is 0 Å². The lowest BCUT2D eigenvalue weighted by Crippen LogP contribution is -2.27. The van der Waals surface area contributed by atoms with Crippen molar-refractivity contribution in [2.75, 3.05) is 6.54 Å². The lowest BCUT2D eigenvalue weighted by Gasteiger charge is -2.06. The summed E-state index contributed by atoms with van der Waals surface area (Å²) >= 11 is 7.31. The molecule has 0 bridgehead atoms. The third-order valence-corrected chi connectivity index (χ3v) is 5.93. The molecule has 130 valence electrons. The van der Waals surface area contributed by atoms with Crippen molar-refractivity contribution in [3.63, 3.8) is 0 Å². The van der Waals surface area contributed by atoms with Crippen LogP contribution in [-0.4, -0.2) is 24.9 Å². The van der Waals surface area contributed by atoms with Crippen molar-refractivity contribution in [1.82, 2.24) is 14.7 Å². The van der Waals surface area contributed by atoms with Gasteiger partial charge in [0.15, 0.2) is 0 Å². The molecule has 0 aliphatic rings. The molecule has 1 aromatic carbocycles. The molecule has 0 saturated carbocycles. The molecule has 0 aliphatic heterocycles. The highest BCUT2D eigenvalue weighted by Crippen LogP contribution is 2.19. The fourth-order valence-electron chi connectivity index (χ4n) is 2.22. The number of halogens is 1. The average Bonchev–Trinajstić information content (AvgIpc) is 3.06. The van der Waals surface area contributed by atoms with Gasteiger partial charge < -0.3 is 0 Å². The van der Waals surface area contributed by atoms with Crippen molar-refractivity contribution < 1.29 is 8.42 Å². The molecule has 2 heterocycles. The van der Waals surface area contributed by atoms with Crippen molar-refractivity contribution in [2.45, 2.75) is 12.2 Å². The highest BCUT2D eigenvalue weighted by atomic mass is 35.5. The van der Waals surface area contributed by atoms with Gasteiger partial charge in [-0.05, 0) is 29.8 Å². The Morgan fingerprint density at radius 3 is 2.60 bits per heavy atom. The van der Waals surface area contributed by atoms with Gasteiger partial charge in [-0.3, -0.25) is 4.98 Å². The average molecular weight is 394 g/mol. The molecule has 25 heavy (non-hydrogen) atoms. The molecule has 0 fully saturated rings. The smallest absolute Gasteiger partial charge is 0.215 e. The Bertz CT molecular complexity index is 926. The van der Waals surface area contributed by atoms with Gasteiger partial charge in [-0.25, -0.2) is 18.1 Å². The van der Waals surface area contributed by atoms with Crippen LogP contribution in [0, 0.1) is 0 Å². The summed E-state index contributed by atoms with van der Waals surface area (Å²) in [5.41, 5.74) is 2.32.